The van der Waals surface area contributed by atoms with Crippen LogP contribution in [-0.4, -0.2) is 24.6 Å². The fourth-order valence-corrected chi connectivity index (χ4v) is 1.40. The topological polar surface area (TPSA) is 41.5 Å². The zero-order valence-corrected chi connectivity index (χ0v) is 9.83. The Morgan fingerprint density at radius 2 is 1.78 bits per heavy atom. The number of aliphatic hydroxyl groups is 1. The minimum absolute atomic E-state index is 0.172. The van der Waals surface area contributed by atoms with E-state index in [1.54, 1.807) is 12.1 Å². The van der Waals surface area contributed by atoms with E-state index in [1.165, 1.54) is 12.1 Å². The summed E-state index contributed by atoms with van der Waals surface area (Å²) in [7, 11) is 0. The summed E-state index contributed by atoms with van der Waals surface area (Å²) in [6.45, 7) is 1.52. The van der Waals surface area contributed by atoms with E-state index in [2.05, 4.69) is 10.1 Å². The molecule has 0 aliphatic heterocycles. The number of unbranched alkanes of at least 4 members (excludes halogenated alkanes) is 1. The zero-order chi connectivity index (χ0) is 13.4. The van der Waals surface area contributed by atoms with Gasteiger partial charge in [-0.25, -0.2) is 0 Å². The van der Waals surface area contributed by atoms with Crippen LogP contribution in [0.2, 0.25) is 0 Å². The van der Waals surface area contributed by atoms with Crippen molar-refractivity contribution in [3.05, 3.63) is 29.8 Å². The van der Waals surface area contributed by atoms with Gasteiger partial charge < -0.3 is 15.2 Å². The average molecular weight is 263 g/mol. The van der Waals surface area contributed by atoms with Crippen LogP contribution in [0.3, 0.4) is 0 Å². The van der Waals surface area contributed by atoms with Crippen molar-refractivity contribution in [1.29, 1.82) is 0 Å². The fraction of sp³-hybridized carbons (Fsp3) is 0.500. The number of alkyl halides is 3. The smallest absolute Gasteiger partial charge is 0.406 e. The SMILES string of the molecule is OCCCCNCc1ccc(OC(F)(F)F)cc1. The van der Waals surface area contributed by atoms with E-state index in [4.69, 9.17) is 5.11 Å². The number of nitrogens with one attached hydrogen (secondary N) is 1. The quantitative estimate of drug-likeness (QED) is 0.742. The van der Waals surface area contributed by atoms with Gasteiger partial charge >= 0.3 is 6.36 Å². The van der Waals surface area contributed by atoms with E-state index >= 15 is 0 Å². The van der Waals surface area contributed by atoms with Gasteiger partial charge in [-0.1, -0.05) is 12.1 Å². The molecule has 0 radical (unpaired) electrons. The van der Waals surface area contributed by atoms with Crippen LogP contribution in [0.15, 0.2) is 24.3 Å². The molecule has 0 fully saturated rings. The Bertz CT molecular complexity index is 338. The largest absolute Gasteiger partial charge is 0.573 e. The summed E-state index contributed by atoms with van der Waals surface area (Å²) in [4.78, 5) is 0. The predicted molar refractivity (Wildman–Crippen MR) is 61.2 cm³/mol. The highest BCUT2D eigenvalue weighted by Gasteiger charge is 2.30. The van der Waals surface area contributed by atoms with Crippen LogP contribution in [0.5, 0.6) is 5.75 Å². The van der Waals surface area contributed by atoms with Crippen LogP contribution in [0.25, 0.3) is 0 Å². The van der Waals surface area contributed by atoms with E-state index < -0.39 is 6.36 Å². The molecule has 2 N–H and O–H groups in total. The number of hydrogen-bond acceptors (Lipinski definition) is 3. The van der Waals surface area contributed by atoms with Gasteiger partial charge in [-0.05, 0) is 37.1 Å². The second-order valence-electron chi connectivity index (χ2n) is 3.80. The molecule has 0 amide bonds. The molecule has 0 aliphatic carbocycles. The van der Waals surface area contributed by atoms with Crippen molar-refractivity contribution in [3.63, 3.8) is 0 Å². The molecule has 0 heterocycles. The Kier molecular flexibility index (Phi) is 5.94. The van der Waals surface area contributed by atoms with Gasteiger partial charge in [-0.3, -0.25) is 0 Å². The number of benzene rings is 1. The van der Waals surface area contributed by atoms with Crippen LogP contribution in [0.4, 0.5) is 13.2 Å². The number of aliphatic hydroxyl groups excluding tert-OH is 1. The Labute approximate surface area is 104 Å². The van der Waals surface area contributed by atoms with Crippen LogP contribution >= 0.6 is 0 Å². The summed E-state index contributed by atoms with van der Waals surface area (Å²) in [6.07, 6.45) is -3.04. The average Bonchev–Trinajstić information content (AvgIpc) is 2.29. The van der Waals surface area contributed by atoms with Gasteiger partial charge in [0.1, 0.15) is 5.75 Å². The first-order valence-electron chi connectivity index (χ1n) is 5.67. The molecular formula is C12H16F3NO2. The minimum atomic E-state index is -4.65. The van der Waals surface area contributed by atoms with E-state index in [9.17, 15) is 13.2 Å². The number of halogens is 3. The lowest BCUT2D eigenvalue weighted by Gasteiger charge is -2.09. The molecule has 0 bridgehead atoms. The van der Waals surface area contributed by atoms with Crippen molar-refractivity contribution < 1.29 is 23.0 Å². The van der Waals surface area contributed by atoms with Crippen molar-refractivity contribution in [2.24, 2.45) is 0 Å². The summed E-state index contributed by atoms with van der Waals surface area (Å²) in [5, 5.41) is 11.7. The molecular weight excluding hydrogens is 247 g/mol. The van der Waals surface area contributed by atoms with Gasteiger partial charge in [-0.2, -0.15) is 0 Å². The van der Waals surface area contributed by atoms with Gasteiger partial charge in [0.05, 0.1) is 0 Å². The molecule has 0 unspecified atom stereocenters. The molecule has 1 aromatic rings. The first kappa shape index (κ1) is 14.8. The summed E-state index contributed by atoms with van der Waals surface area (Å²) in [6, 6.07) is 5.75. The molecule has 0 aromatic heterocycles. The monoisotopic (exact) mass is 263 g/mol. The first-order valence-corrected chi connectivity index (χ1v) is 5.67. The maximum Gasteiger partial charge on any atom is 0.573 e. The highest BCUT2D eigenvalue weighted by atomic mass is 19.4. The first-order chi connectivity index (χ1) is 8.51. The Hall–Kier alpha value is -1.27. The van der Waals surface area contributed by atoms with Gasteiger partial charge in [0.2, 0.25) is 0 Å². The molecule has 18 heavy (non-hydrogen) atoms. The minimum Gasteiger partial charge on any atom is -0.406 e. The molecule has 0 spiro atoms. The van der Waals surface area contributed by atoms with Gasteiger partial charge in [0.25, 0.3) is 0 Å². The van der Waals surface area contributed by atoms with Crippen molar-refractivity contribution in [2.45, 2.75) is 25.7 Å². The third-order valence-corrected chi connectivity index (χ3v) is 2.25. The standard InChI is InChI=1S/C12H16F3NO2/c13-12(14,15)18-11-5-3-10(4-6-11)9-16-7-1-2-8-17/h3-6,16-17H,1-2,7-9H2. The molecule has 102 valence electrons. The fourth-order valence-electron chi connectivity index (χ4n) is 1.40. The summed E-state index contributed by atoms with van der Waals surface area (Å²) < 4.78 is 39.5. The van der Waals surface area contributed by atoms with Crippen LogP contribution in [-0.2, 0) is 6.54 Å². The van der Waals surface area contributed by atoms with E-state index in [0.717, 1.165) is 24.9 Å². The number of hydrogen-bond donors (Lipinski definition) is 2. The zero-order valence-electron chi connectivity index (χ0n) is 9.83. The van der Waals surface area contributed by atoms with E-state index in [1.807, 2.05) is 0 Å². The lowest BCUT2D eigenvalue weighted by atomic mass is 10.2. The van der Waals surface area contributed by atoms with E-state index in [-0.39, 0.29) is 12.4 Å². The molecule has 0 aliphatic rings. The van der Waals surface area contributed by atoms with E-state index in [0.29, 0.717) is 6.54 Å². The third kappa shape index (κ3) is 6.46. The lowest BCUT2D eigenvalue weighted by molar-refractivity contribution is -0.274. The Morgan fingerprint density at radius 3 is 2.33 bits per heavy atom. The normalized spacial score (nSPS) is 11.6. The second-order valence-corrected chi connectivity index (χ2v) is 3.80. The molecule has 3 nitrogen and oxygen atoms in total. The molecule has 1 aromatic carbocycles. The van der Waals surface area contributed by atoms with Gasteiger partial charge in [0, 0.05) is 13.2 Å². The van der Waals surface area contributed by atoms with Gasteiger partial charge in [-0.15, -0.1) is 13.2 Å². The van der Waals surface area contributed by atoms with Crippen LogP contribution in [0.1, 0.15) is 18.4 Å². The highest BCUT2D eigenvalue weighted by Crippen LogP contribution is 2.22. The molecule has 0 atom stereocenters. The Morgan fingerprint density at radius 1 is 1.11 bits per heavy atom. The number of ether oxygens (including phenoxy) is 1. The Balaban J connectivity index is 2.32. The maximum absolute atomic E-state index is 11.9. The van der Waals surface area contributed by atoms with Crippen molar-refractivity contribution in [1.82, 2.24) is 5.32 Å². The molecule has 0 saturated carbocycles. The highest BCUT2D eigenvalue weighted by molar-refractivity contribution is 5.27. The second kappa shape index (κ2) is 7.23. The number of rotatable bonds is 7. The van der Waals surface area contributed by atoms with Crippen molar-refractivity contribution in [3.8, 4) is 5.75 Å². The predicted octanol–water partition coefficient (Wildman–Crippen LogP) is 2.45. The van der Waals surface area contributed by atoms with Crippen LogP contribution < -0.4 is 10.1 Å². The summed E-state index contributed by atoms with van der Waals surface area (Å²) >= 11 is 0. The summed E-state index contributed by atoms with van der Waals surface area (Å²) in [5.74, 6) is -0.216. The van der Waals surface area contributed by atoms with Crippen molar-refractivity contribution >= 4 is 0 Å². The van der Waals surface area contributed by atoms with Crippen LogP contribution in [0, 0.1) is 0 Å². The third-order valence-electron chi connectivity index (χ3n) is 2.25. The van der Waals surface area contributed by atoms with Gasteiger partial charge in [0.15, 0.2) is 0 Å². The maximum atomic E-state index is 11.9. The molecule has 6 heteroatoms. The molecule has 0 saturated heterocycles. The molecule has 1 rings (SSSR count). The lowest BCUT2D eigenvalue weighted by Crippen LogP contribution is -2.17. The summed E-state index contributed by atoms with van der Waals surface area (Å²) in [5.41, 5.74) is 0.883. The van der Waals surface area contributed by atoms with Crippen molar-refractivity contribution in [2.75, 3.05) is 13.2 Å².